The molecule has 0 aliphatic heterocycles. The Morgan fingerprint density at radius 2 is 2.28 bits per heavy atom. The highest BCUT2D eigenvalue weighted by Gasteiger charge is 2.10. The van der Waals surface area contributed by atoms with E-state index in [2.05, 4.69) is 21.9 Å². The van der Waals surface area contributed by atoms with Crippen molar-refractivity contribution in [3.63, 3.8) is 0 Å². The van der Waals surface area contributed by atoms with Gasteiger partial charge in [-0.15, -0.1) is 6.58 Å². The maximum Gasteiger partial charge on any atom is 0.271 e. The lowest BCUT2D eigenvalue weighted by Gasteiger charge is -2.13. The zero-order valence-corrected chi connectivity index (χ0v) is 10.9. The lowest BCUT2D eigenvalue weighted by molar-refractivity contribution is 0.0932. The van der Waals surface area contributed by atoms with Crippen LogP contribution in [0.15, 0.2) is 31.2 Å². The van der Waals surface area contributed by atoms with Gasteiger partial charge in [-0.3, -0.25) is 9.78 Å². The number of aromatic nitrogens is 2. The van der Waals surface area contributed by atoms with Crippen LogP contribution in [-0.2, 0) is 0 Å². The van der Waals surface area contributed by atoms with E-state index in [9.17, 15) is 4.79 Å². The van der Waals surface area contributed by atoms with Crippen molar-refractivity contribution in [2.75, 3.05) is 0 Å². The van der Waals surface area contributed by atoms with Gasteiger partial charge in [-0.05, 0) is 26.2 Å². The molecule has 0 aliphatic carbocycles. The average molecular weight is 247 g/mol. The van der Waals surface area contributed by atoms with Crippen LogP contribution in [-0.4, -0.2) is 21.9 Å². The Morgan fingerprint density at radius 3 is 2.94 bits per heavy atom. The first-order valence-corrected chi connectivity index (χ1v) is 6.42. The van der Waals surface area contributed by atoms with E-state index < -0.39 is 0 Å². The first kappa shape index (κ1) is 14.4. The normalized spacial score (nSPS) is 11.8. The quantitative estimate of drug-likeness (QED) is 0.567. The van der Waals surface area contributed by atoms with Crippen molar-refractivity contribution in [2.24, 2.45) is 0 Å². The van der Waals surface area contributed by atoms with E-state index in [0.717, 1.165) is 19.3 Å². The predicted molar refractivity (Wildman–Crippen MR) is 72.2 cm³/mol. The molecule has 0 spiro atoms. The molecule has 1 rings (SSSR count). The monoisotopic (exact) mass is 247 g/mol. The van der Waals surface area contributed by atoms with Crippen LogP contribution < -0.4 is 5.32 Å². The molecule has 0 bridgehead atoms. The van der Waals surface area contributed by atoms with E-state index in [-0.39, 0.29) is 11.9 Å². The molecular weight excluding hydrogens is 226 g/mol. The zero-order valence-electron chi connectivity index (χ0n) is 10.9. The number of unbranched alkanes of at least 4 members (excludes halogenated alkanes) is 3. The number of allylic oxidation sites excluding steroid dienone is 1. The molecule has 0 unspecified atom stereocenters. The van der Waals surface area contributed by atoms with E-state index >= 15 is 0 Å². The van der Waals surface area contributed by atoms with E-state index in [1.807, 2.05) is 13.0 Å². The summed E-state index contributed by atoms with van der Waals surface area (Å²) in [5, 5.41) is 2.93. The fraction of sp³-hybridized carbons (Fsp3) is 0.500. The summed E-state index contributed by atoms with van der Waals surface area (Å²) in [7, 11) is 0. The third-order valence-corrected chi connectivity index (χ3v) is 2.72. The second-order valence-electron chi connectivity index (χ2n) is 4.39. The highest BCUT2D eigenvalue weighted by Crippen LogP contribution is 2.06. The Bertz CT molecular complexity index is 365. The van der Waals surface area contributed by atoms with Crippen LogP contribution in [0.1, 0.15) is 49.5 Å². The van der Waals surface area contributed by atoms with E-state index in [1.54, 1.807) is 6.20 Å². The van der Waals surface area contributed by atoms with Crippen molar-refractivity contribution in [1.82, 2.24) is 15.3 Å². The van der Waals surface area contributed by atoms with Gasteiger partial charge in [0.05, 0.1) is 6.20 Å². The number of nitrogens with zero attached hydrogens (tertiary/aromatic N) is 2. The van der Waals surface area contributed by atoms with Gasteiger partial charge in [-0.2, -0.15) is 0 Å². The molecule has 0 saturated heterocycles. The van der Waals surface area contributed by atoms with Gasteiger partial charge in [0.15, 0.2) is 0 Å². The van der Waals surface area contributed by atoms with E-state index in [4.69, 9.17) is 0 Å². The van der Waals surface area contributed by atoms with Gasteiger partial charge in [0.2, 0.25) is 0 Å². The molecule has 1 N–H and O–H groups in total. The molecule has 98 valence electrons. The van der Waals surface area contributed by atoms with E-state index in [1.165, 1.54) is 25.2 Å². The van der Waals surface area contributed by atoms with Gasteiger partial charge in [0, 0.05) is 18.4 Å². The Balaban J connectivity index is 2.21. The summed E-state index contributed by atoms with van der Waals surface area (Å²) in [5.74, 6) is -0.151. The summed E-state index contributed by atoms with van der Waals surface area (Å²) in [6, 6.07) is 0.170. The molecule has 1 heterocycles. The third-order valence-electron chi connectivity index (χ3n) is 2.72. The second-order valence-corrected chi connectivity index (χ2v) is 4.39. The second kappa shape index (κ2) is 8.39. The smallest absolute Gasteiger partial charge is 0.271 e. The van der Waals surface area contributed by atoms with Gasteiger partial charge in [-0.25, -0.2) is 4.98 Å². The summed E-state index contributed by atoms with van der Waals surface area (Å²) in [6.45, 7) is 5.71. The van der Waals surface area contributed by atoms with Crippen molar-refractivity contribution >= 4 is 5.91 Å². The SMILES string of the molecule is C=CCCCCC[C@H](C)NC(=O)c1cnccn1. The number of nitrogens with one attached hydrogen (secondary N) is 1. The summed E-state index contributed by atoms with van der Waals surface area (Å²) >= 11 is 0. The topological polar surface area (TPSA) is 54.9 Å². The average Bonchev–Trinajstić information content (AvgIpc) is 2.39. The number of hydrogen-bond acceptors (Lipinski definition) is 3. The molecule has 0 radical (unpaired) electrons. The summed E-state index contributed by atoms with van der Waals surface area (Å²) < 4.78 is 0. The molecule has 4 nitrogen and oxygen atoms in total. The molecule has 0 aliphatic rings. The fourth-order valence-electron chi connectivity index (χ4n) is 1.70. The highest BCUT2D eigenvalue weighted by molar-refractivity contribution is 5.92. The maximum absolute atomic E-state index is 11.8. The van der Waals surface area contributed by atoms with Crippen LogP contribution in [0.4, 0.5) is 0 Å². The van der Waals surface area contributed by atoms with Gasteiger partial charge < -0.3 is 5.32 Å². The molecule has 1 aromatic rings. The van der Waals surface area contributed by atoms with Gasteiger partial charge >= 0.3 is 0 Å². The molecule has 0 fully saturated rings. The lowest BCUT2D eigenvalue weighted by Crippen LogP contribution is -2.33. The first-order valence-electron chi connectivity index (χ1n) is 6.42. The minimum absolute atomic E-state index is 0.151. The van der Waals surface area contributed by atoms with Crippen LogP contribution in [0.25, 0.3) is 0 Å². The standard InChI is InChI=1S/C14H21N3O/c1-3-4-5-6-7-8-12(2)17-14(18)13-11-15-9-10-16-13/h3,9-12H,1,4-8H2,2H3,(H,17,18)/t12-/m0/s1. The van der Waals surface area contributed by atoms with E-state index in [0.29, 0.717) is 5.69 Å². The Morgan fingerprint density at radius 1 is 1.44 bits per heavy atom. The van der Waals surface area contributed by atoms with Crippen LogP contribution in [0.5, 0.6) is 0 Å². The van der Waals surface area contributed by atoms with Crippen molar-refractivity contribution in [3.8, 4) is 0 Å². The molecule has 0 saturated carbocycles. The van der Waals surface area contributed by atoms with Crippen molar-refractivity contribution in [3.05, 3.63) is 36.9 Å². The van der Waals surface area contributed by atoms with Crippen LogP contribution in [0.2, 0.25) is 0 Å². The van der Waals surface area contributed by atoms with Crippen molar-refractivity contribution < 1.29 is 4.79 Å². The molecular formula is C14H21N3O. The Hall–Kier alpha value is -1.71. The molecule has 0 aromatic carbocycles. The predicted octanol–water partition coefficient (Wildman–Crippen LogP) is 2.73. The minimum atomic E-state index is -0.151. The highest BCUT2D eigenvalue weighted by atomic mass is 16.1. The number of carbonyl (C=O) groups is 1. The Kier molecular flexibility index (Phi) is 6.69. The Labute approximate surface area is 109 Å². The largest absolute Gasteiger partial charge is 0.348 e. The van der Waals surface area contributed by atoms with Crippen LogP contribution in [0, 0.1) is 0 Å². The summed E-state index contributed by atoms with van der Waals surface area (Å²) in [4.78, 5) is 19.6. The molecule has 1 aromatic heterocycles. The number of amides is 1. The number of carbonyl (C=O) groups excluding carboxylic acids is 1. The van der Waals surface area contributed by atoms with Gasteiger partial charge in [0.25, 0.3) is 5.91 Å². The summed E-state index contributed by atoms with van der Waals surface area (Å²) in [6.07, 6.45) is 12.0. The van der Waals surface area contributed by atoms with Gasteiger partial charge in [-0.1, -0.05) is 18.9 Å². The molecule has 4 heteroatoms. The molecule has 18 heavy (non-hydrogen) atoms. The van der Waals surface area contributed by atoms with Crippen molar-refractivity contribution in [1.29, 1.82) is 0 Å². The molecule has 1 amide bonds. The third kappa shape index (κ3) is 5.57. The summed E-state index contributed by atoms with van der Waals surface area (Å²) in [5.41, 5.74) is 0.371. The lowest BCUT2D eigenvalue weighted by atomic mass is 10.1. The van der Waals surface area contributed by atoms with Crippen LogP contribution in [0.3, 0.4) is 0 Å². The number of hydrogen-bond donors (Lipinski definition) is 1. The maximum atomic E-state index is 11.8. The minimum Gasteiger partial charge on any atom is -0.348 e. The molecule has 1 atom stereocenters. The first-order chi connectivity index (χ1) is 8.74. The number of rotatable bonds is 8. The van der Waals surface area contributed by atoms with Crippen molar-refractivity contribution in [2.45, 2.75) is 45.1 Å². The fourth-order valence-corrected chi connectivity index (χ4v) is 1.70. The van der Waals surface area contributed by atoms with Gasteiger partial charge in [0.1, 0.15) is 5.69 Å². The van der Waals surface area contributed by atoms with Crippen LogP contribution >= 0.6 is 0 Å². The zero-order chi connectivity index (χ0) is 13.2.